The van der Waals surface area contributed by atoms with E-state index in [1.165, 1.54) is 6.92 Å². The Morgan fingerprint density at radius 1 is 1.23 bits per heavy atom. The summed E-state index contributed by atoms with van der Waals surface area (Å²) in [7, 11) is 0. The van der Waals surface area contributed by atoms with Crippen LogP contribution in [0.4, 0.5) is 0 Å². The van der Waals surface area contributed by atoms with Crippen LogP contribution in [0.5, 0.6) is 0 Å². The minimum absolute atomic E-state index is 0.0743. The average molecular weight is 364 g/mol. The maximum atomic E-state index is 13.2. The minimum Gasteiger partial charge on any atom is -0.388 e. The molecule has 138 valence electrons. The Balaban J connectivity index is 1.94. The molecule has 1 N–H and O–H groups in total. The van der Waals surface area contributed by atoms with Gasteiger partial charge in [-0.05, 0) is 44.8 Å². The fourth-order valence-electron chi connectivity index (χ4n) is 3.29. The molecule has 3 atom stereocenters. The third kappa shape index (κ3) is 4.60. The SMILES string of the molecule is [2H]c1c([2H])c([2H])c(C(O)C[C@@H]2CCC[C@H](CC(=O)c3c([2H])c([2H])c([2H])c(C)c3[2H])N2C([2H])([2H])[2H])c([2H])c1[2H]. The molecule has 0 radical (unpaired) electrons. The summed E-state index contributed by atoms with van der Waals surface area (Å²) < 4.78 is 96.2. The monoisotopic (exact) mass is 363 g/mol. The molecule has 1 fully saturated rings. The highest BCUT2D eigenvalue weighted by Crippen LogP contribution is 2.30. The zero-order chi connectivity index (χ0) is 28.9. The van der Waals surface area contributed by atoms with Crippen molar-refractivity contribution >= 4 is 5.78 Å². The highest BCUT2D eigenvalue weighted by molar-refractivity contribution is 5.96. The molecule has 1 heterocycles. The number of benzene rings is 2. The van der Waals surface area contributed by atoms with Crippen LogP contribution in [0.3, 0.4) is 0 Å². The molecule has 26 heavy (non-hydrogen) atoms. The van der Waals surface area contributed by atoms with Gasteiger partial charge in [-0.3, -0.25) is 9.69 Å². The van der Waals surface area contributed by atoms with Gasteiger partial charge >= 0.3 is 0 Å². The molecule has 3 rings (SSSR count). The van der Waals surface area contributed by atoms with Gasteiger partial charge in [0.2, 0.25) is 0 Å². The number of aliphatic hydroxyl groups is 1. The quantitative estimate of drug-likeness (QED) is 0.766. The average Bonchev–Trinajstić information content (AvgIpc) is 2.83. The van der Waals surface area contributed by atoms with Crippen molar-refractivity contribution in [3.8, 4) is 0 Å². The molecule has 1 aliphatic heterocycles. The predicted octanol–water partition coefficient (Wildman–Crippen LogP) is 4.54. The number of carbonyl (C=O) groups excluding carboxylic acids is 1. The Morgan fingerprint density at radius 2 is 2.00 bits per heavy atom. The largest absolute Gasteiger partial charge is 0.388 e. The molecule has 0 aliphatic carbocycles. The van der Waals surface area contributed by atoms with Gasteiger partial charge in [0.05, 0.1) is 18.4 Å². The van der Waals surface area contributed by atoms with E-state index in [2.05, 4.69) is 0 Å². The van der Waals surface area contributed by atoms with Gasteiger partial charge in [0.25, 0.3) is 0 Å². The Hall–Kier alpha value is -1.97. The van der Waals surface area contributed by atoms with Crippen LogP contribution in [0.1, 0.15) is 76.1 Å². The van der Waals surface area contributed by atoms with E-state index in [4.69, 9.17) is 16.4 Å². The number of hydrogen-bond acceptors (Lipinski definition) is 3. The lowest BCUT2D eigenvalue weighted by Crippen LogP contribution is -2.45. The van der Waals surface area contributed by atoms with Crippen molar-refractivity contribution in [2.45, 2.75) is 57.2 Å². The van der Waals surface area contributed by atoms with Crippen LogP contribution in [0.15, 0.2) is 54.4 Å². The van der Waals surface area contributed by atoms with E-state index in [-0.39, 0.29) is 41.6 Å². The maximum Gasteiger partial charge on any atom is 0.164 e. The molecule has 0 saturated carbocycles. The number of aliphatic hydroxyl groups excluding tert-OH is 1. The first kappa shape index (κ1) is 8.81. The number of piperidine rings is 1. The zero-order valence-electron chi connectivity index (χ0n) is 26.6. The number of likely N-dealkylation sites (tertiary alicyclic amines) is 1. The summed E-state index contributed by atoms with van der Waals surface area (Å²) in [6.45, 7) is -1.30. The number of carbonyl (C=O) groups is 1. The third-order valence-corrected chi connectivity index (χ3v) is 4.66. The first-order valence-corrected chi connectivity index (χ1v) is 8.64. The Kier molecular flexibility index (Phi) is 2.92. The van der Waals surface area contributed by atoms with Crippen molar-refractivity contribution in [3.63, 3.8) is 0 Å². The lowest BCUT2D eigenvalue weighted by Gasteiger charge is -2.40. The van der Waals surface area contributed by atoms with E-state index in [0.717, 1.165) is 4.90 Å². The van der Waals surface area contributed by atoms with Crippen LogP contribution >= 0.6 is 0 Å². The number of nitrogens with zero attached hydrogens (tertiary/aromatic N) is 1. The fraction of sp³-hybridized carbons (Fsp3) is 0.435. The van der Waals surface area contributed by atoms with E-state index in [9.17, 15) is 9.90 Å². The molecule has 1 aliphatic rings. The van der Waals surface area contributed by atoms with Crippen molar-refractivity contribution in [1.82, 2.24) is 4.90 Å². The second-order valence-electron chi connectivity index (χ2n) is 6.56. The second-order valence-corrected chi connectivity index (χ2v) is 6.56. The van der Waals surface area contributed by atoms with E-state index in [1.54, 1.807) is 0 Å². The molecule has 1 unspecified atom stereocenters. The lowest BCUT2D eigenvalue weighted by molar-refractivity contribution is 0.0549. The van der Waals surface area contributed by atoms with Crippen LogP contribution in [-0.4, -0.2) is 34.8 Å². The summed E-state index contributed by atoms with van der Waals surface area (Å²) in [5.74, 6) is -0.692. The summed E-state index contributed by atoms with van der Waals surface area (Å²) in [5, 5.41) is 10.9. The molecular formula is C23H29NO2. The Bertz CT molecular complexity index is 1200. The lowest BCUT2D eigenvalue weighted by atomic mass is 9.88. The molecule has 0 amide bonds. The summed E-state index contributed by atoms with van der Waals surface area (Å²) in [6.07, 6.45) is -1.09. The Labute approximate surface area is 173 Å². The van der Waals surface area contributed by atoms with Gasteiger partial charge in [-0.25, -0.2) is 0 Å². The topological polar surface area (TPSA) is 40.5 Å². The highest BCUT2D eigenvalue weighted by Gasteiger charge is 2.30. The third-order valence-electron chi connectivity index (χ3n) is 4.66. The van der Waals surface area contributed by atoms with Gasteiger partial charge in [-0.2, -0.15) is 0 Å². The molecule has 1 saturated heterocycles. The fourth-order valence-corrected chi connectivity index (χ4v) is 3.29. The number of hydrogen-bond donors (Lipinski definition) is 1. The normalized spacial score (nSPS) is 29.2. The maximum absolute atomic E-state index is 13.2. The first-order valence-electron chi connectivity index (χ1n) is 14.6. The molecule has 0 aromatic heterocycles. The molecule has 2 aromatic carbocycles. The number of rotatable bonds is 6. The van der Waals surface area contributed by atoms with E-state index >= 15 is 0 Å². The van der Waals surface area contributed by atoms with Gasteiger partial charge in [0.15, 0.2) is 5.78 Å². The molecule has 3 nitrogen and oxygen atoms in total. The van der Waals surface area contributed by atoms with Crippen LogP contribution in [-0.2, 0) is 0 Å². The van der Waals surface area contributed by atoms with Gasteiger partial charge in [-0.1, -0.05) is 60.3 Å². The van der Waals surface area contributed by atoms with Crippen molar-refractivity contribution < 1.29 is 26.4 Å². The molecule has 2 aromatic rings. The smallest absolute Gasteiger partial charge is 0.164 e. The van der Waals surface area contributed by atoms with Crippen molar-refractivity contribution in [3.05, 3.63) is 71.1 Å². The van der Waals surface area contributed by atoms with Crippen molar-refractivity contribution in [1.29, 1.82) is 0 Å². The van der Waals surface area contributed by atoms with Crippen LogP contribution in [0.25, 0.3) is 0 Å². The van der Waals surface area contributed by atoms with Crippen LogP contribution in [0.2, 0.25) is 0 Å². The highest BCUT2D eigenvalue weighted by atomic mass is 16.3. The predicted molar refractivity (Wildman–Crippen MR) is 105 cm³/mol. The standard InChI is InChI=1S/C23H29NO2/c1-17-8-6-11-19(14-17)23(26)16-21-13-7-12-20(24(21)2)15-22(25)18-9-4-3-5-10-18/h3-6,8-11,14,20-22,25H,7,12-13,15-16H2,1-2H3/t20-,21+,22?/m0/s1/i2D3,3D,4D,5D,6D,8D,9D,10D,11D,14D. The summed E-state index contributed by atoms with van der Waals surface area (Å²) >= 11 is 0. The number of Topliss-reactive ketones (excluding diaryl/α,β-unsaturated/α-hetero) is 1. The molecular weight excluding hydrogens is 322 g/mol. The molecule has 0 bridgehead atoms. The summed E-state index contributed by atoms with van der Waals surface area (Å²) in [4.78, 5) is 14.4. The minimum atomic E-state index is -2.70. The van der Waals surface area contributed by atoms with E-state index in [1.807, 2.05) is 0 Å². The van der Waals surface area contributed by atoms with Crippen molar-refractivity contribution in [2.24, 2.45) is 0 Å². The number of ketones is 1. The summed E-state index contributed by atoms with van der Waals surface area (Å²) in [6, 6.07) is -6.36. The van der Waals surface area contributed by atoms with Gasteiger partial charge in [-0.15, -0.1) is 0 Å². The van der Waals surface area contributed by atoms with Gasteiger partial charge in [0, 0.05) is 28.2 Å². The first-order chi connectivity index (χ1) is 17.5. The van der Waals surface area contributed by atoms with E-state index < -0.39 is 73.2 Å². The zero-order valence-corrected chi connectivity index (χ0v) is 14.6. The van der Waals surface area contributed by atoms with E-state index in [0.29, 0.717) is 19.3 Å². The molecule has 0 spiro atoms. The van der Waals surface area contributed by atoms with Gasteiger partial charge in [0.1, 0.15) is 0 Å². The van der Waals surface area contributed by atoms with Crippen molar-refractivity contribution in [2.75, 3.05) is 6.98 Å². The molecule has 3 heteroatoms. The van der Waals surface area contributed by atoms with Gasteiger partial charge < -0.3 is 5.11 Å². The Morgan fingerprint density at radius 3 is 2.77 bits per heavy atom. The summed E-state index contributed by atoms with van der Waals surface area (Å²) in [5.41, 5.74) is -0.591. The van der Waals surface area contributed by atoms with Crippen LogP contribution in [0, 0.1) is 6.92 Å². The van der Waals surface area contributed by atoms with Crippen LogP contribution < -0.4 is 0 Å². The second kappa shape index (κ2) is 8.61.